The van der Waals surface area contributed by atoms with Gasteiger partial charge in [0.2, 0.25) is 15.9 Å². The van der Waals surface area contributed by atoms with Gasteiger partial charge >= 0.3 is 0 Å². The molecule has 1 aromatic carbocycles. The Labute approximate surface area is 119 Å². The Morgan fingerprint density at radius 3 is 2.45 bits per heavy atom. The highest BCUT2D eigenvalue weighted by molar-refractivity contribution is 7.92. The third-order valence-corrected chi connectivity index (χ3v) is 3.64. The van der Waals surface area contributed by atoms with Crippen LogP contribution in [0.25, 0.3) is 0 Å². The maximum atomic E-state index is 11.8. The summed E-state index contributed by atoms with van der Waals surface area (Å²) in [5.41, 5.74) is 1.14. The summed E-state index contributed by atoms with van der Waals surface area (Å²) >= 11 is 0. The highest BCUT2D eigenvalue weighted by Gasteiger charge is 2.14. The molecular formula is C14H18N2O3S. The monoisotopic (exact) mass is 294 g/mol. The average molecular weight is 294 g/mol. The number of sulfonamides is 1. The van der Waals surface area contributed by atoms with Crippen LogP contribution in [0, 0.1) is 5.92 Å². The number of amides is 1. The third kappa shape index (κ3) is 4.70. The summed E-state index contributed by atoms with van der Waals surface area (Å²) in [5, 5.41) is 2.81. The van der Waals surface area contributed by atoms with Gasteiger partial charge in [-0.2, -0.15) is 0 Å². The smallest absolute Gasteiger partial charge is 0.229 e. The zero-order valence-electron chi connectivity index (χ0n) is 11.3. The molecule has 20 heavy (non-hydrogen) atoms. The van der Waals surface area contributed by atoms with Crippen molar-refractivity contribution in [2.45, 2.75) is 19.3 Å². The lowest BCUT2D eigenvalue weighted by Crippen LogP contribution is -2.15. The van der Waals surface area contributed by atoms with Crippen LogP contribution in [0.3, 0.4) is 0 Å². The molecule has 0 heterocycles. The minimum Gasteiger partial charge on any atom is -0.326 e. The Hall–Kier alpha value is -1.82. The molecule has 2 N–H and O–H groups in total. The van der Waals surface area contributed by atoms with E-state index in [2.05, 4.69) is 22.2 Å². The molecule has 0 unspecified atom stereocenters. The lowest BCUT2D eigenvalue weighted by atomic mass is 10.1. The number of anilines is 2. The van der Waals surface area contributed by atoms with E-state index in [0.29, 0.717) is 23.7 Å². The first-order valence-corrected chi connectivity index (χ1v) is 8.36. The van der Waals surface area contributed by atoms with Crippen LogP contribution in [0.4, 0.5) is 11.4 Å². The molecule has 6 heteroatoms. The molecule has 0 saturated carbocycles. The number of carbonyl (C=O) groups is 1. The Kier molecular flexibility index (Phi) is 4.44. The molecule has 1 aromatic rings. The molecule has 1 aliphatic rings. The molecule has 0 spiro atoms. The van der Waals surface area contributed by atoms with E-state index < -0.39 is 10.0 Å². The lowest BCUT2D eigenvalue weighted by Gasteiger charge is -2.09. The minimum absolute atomic E-state index is 0.0228. The van der Waals surface area contributed by atoms with Crippen molar-refractivity contribution in [2.75, 3.05) is 16.3 Å². The minimum atomic E-state index is -3.27. The van der Waals surface area contributed by atoms with Crippen molar-refractivity contribution in [1.29, 1.82) is 0 Å². The van der Waals surface area contributed by atoms with Crippen molar-refractivity contribution in [3.8, 4) is 0 Å². The van der Waals surface area contributed by atoms with Gasteiger partial charge in [0.05, 0.1) is 6.26 Å². The molecular weight excluding hydrogens is 276 g/mol. The molecule has 0 saturated heterocycles. The number of allylic oxidation sites excluding steroid dienone is 2. The van der Waals surface area contributed by atoms with Gasteiger partial charge in [0.1, 0.15) is 0 Å². The van der Waals surface area contributed by atoms with E-state index in [1.165, 1.54) is 0 Å². The third-order valence-electron chi connectivity index (χ3n) is 3.03. The van der Waals surface area contributed by atoms with Crippen LogP contribution in [0.5, 0.6) is 0 Å². The van der Waals surface area contributed by atoms with Crippen LogP contribution in [0.1, 0.15) is 19.3 Å². The summed E-state index contributed by atoms with van der Waals surface area (Å²) in [6.45, 7) is 0. The van der Waals surface area contributed by atoms with Gasteiger partial charge in [0, 0.05) is 17.8 Å². The van der Waals surface area contributed by atoms with Gasteiger partial charge in [-0.15, -0.1) is 0 Å². The molecule has 0 bridgehead atoms. The van der Waals surface area contributed by atoms with E-state index in [-0.39, 0.29) is 5.91 Å². The van der Waals surface area contributed by atoms with E-state index >= 15 is 0 Å². The predicted octanol–water partition coefficient (Wildman–Crippen LogP) is 2.35. The Bertz CT molecular complexity index is 606. The van der Waals surface area contributed by atoms with Crippen molar-refractivity contribution in [3.05, 3.63) is 36.4 Å². The fraction of sp³-hybridized carbons (Fsp3) is 0.357. The maximum Gasteiger partial charge on any atom is 0.229 e. The maximum absolute atomic E-state index is 11.8. The summed E-state index contributed by atoms with van der Waals surface area (Å²) < 4.78 is 24.5. The Morgan fingerprint density at radius 1 is 1.25 bits per heavy atom. The number of carbonyl (C=O) groups excluding carboxylic acids is 1. The number of nitrogens with one attached hydrogen (secondary N) is 2. The van der Waals surface area contributed by atoms with E-state index in [1.807, 2.05) is 0 Å². The quantitative estimate of drug-likeness (QED) is 0.819. The second kappa shape index (κ2) is 6.09. The van der Waals surface area contributed by atoms with Crippen molar-refractivity contribution in [2.24, 2.45) is 5.92 Å². The summed E-state index contributed by atoms with van der Waals surface area (Å²) in [4.78, 5) is 11.8. The second-order valence-electron chi connectivity index (χ2n) is 4.97. The van der Waals surface area contributed by atoms with Crippen molar-refractivity contribution in [3.63, 3.8) is 0 Å². The fourth-order valence-corrected chi connectivity index (χ4v) is 2.72. The highest BCUT2D eigenvalue weighted by atomic mass is 32.2. The molecule has 1 aliphatic carbocycles. The lowest BCUT2D eigenvalue weighted by molar-refractivity contribution is -0.116. The largest absolute Gasteiger partial charge is 0.326 e. The number of rotatable bonds is 5. The van der Waals surface area contributed by atoms with Gasteiger partial charge < -0.3 is 5.32 Å². The highest BCUT2D eigenvalue weighted by Crippen LogP contribution is 2.21. The van der Waals surface area contributed by atoms with Crippen LogP contribution >= 0.6 is 0 Å². The summed E-state index contributed by atoms with van der Waals surface area (Å²) in [5.74, 6) is 0.312. The summed E-state index contributed by atoms with van der Waals surface area (Å²) in [6.07, 6.45) is 7.84. The van der Waals surface area contributed by atoms with Crippen LogP contribution in [0.15, 0.2) is 36.4 Å². The van der Waals surface area contributed by atoms with Crippen LogP contribution in [-0.4, -0.2) is 20.6 Å². The molecule has 2 rings (SSSR count). The van der Waals surface area contributed by atoms with Gasteiger partial charge in [-0.1, -0.05) is 12.2 Å². The Morgan fingerprint density at radius 2 is 1.90 bits per heavy atom. The molecule has 0 aliphatic heterocycles. The van der Waals surface area contributed by atoms with Gasteiger partial charge in [-0.25, -0.2) is 8.42 Å². The van der Waals surface area contributed by atoms with E-state index in [4.69, 9.17) is 0 Å². The van der Waals surface area contributed by atoms with Crippen LogP contribution in [0.2, 0.25) is 0 Å². The zero-order valence-corrected chi connectivity index (χ0v) is 12.1. The van der Waals surface area contributed by atoms with E-state index in [9.17, 15) is 13.2 Å². The molecule has 1 atom stereocenters. The molecule has 0 radical (unpaired) electrons. The van der Waals surface area contributed by atoms with Crippen molar-refractivity contribution in [1.82, 2.24) is 0 Å². The first-order chi connectivity index (χ1) is 9.42. The van der Waals surface area contributed by atoms with E-state index in [1.54, 1.807) is 24.3 Å². The molecule has 108 valence electrons. The first-order valence-electron chi connectivity index (χ1n) is 6.47. The second-order valence-corrected chi connectivity index (χ2v) is 6.72. The van der Waals surface area contributed by atoms with E-state index in [0.717, 1.165) is 19.1 Å². The molecule has 0 aromatic heterocycles. The van der Waals surface area contributed by atoms with Gasteiger partial charge in [0.25, 0.3) is 0 Å². The van der Waals surface area contributed by atoms with Gasteiger partial charge in [-0.3, -0.25) is 9.52 Å². The molecule has 5 nitrogen and oxygen atoms in total. The fourth-order valence-electron chi connectivity index (χ4n) is 2.15. The van der Waals surface area contributed by atoms with Crippen molar-refractivity contribution < 1.29 is 13.2 Å². The van der Waals surface area contributed by atoms with Crippen LogP contribution in [-0.2, 0) is 14.8 Å². The first kappa shape index (κ1) is 14.6. The molecule has 1 amide bonds. The normalized spacial score (nSPS) is 17.9. The summed E-state index contributed by atoms with van der Waals surface area (Å²) in [7, 11) is -3.27. The average Bonchev–Trinajstić information content (AvgIpc) is 2.82. The predicted molar refractivity (Wildman–Crippen MR) is 80.0 cm³/mol. The van der Waals surface area contributed by atoms with Crippen molar-refractivity contribution >= 4 is 27.3 Å². The zero-order chi connectivity index (χ0) is 14.6. The van der Waals surface area contributed by atoms with Gasteiger partial charge in [-0.05, 0) is 43.0 Å². The SMILES string of the molecule is CS(=O)(=O)Nc1ccc(NC(=O)C[C@@H]2C=CCC2)cc1. The topological polar surface area (TPSA) is 75.3 Å². The van der Waals surface area contributed by atoms with Crippen LogP contribution < -0.4 is 10.0 Å². The number of hydrogen-bond donors (Lipinski definition) is 2. The summed E-state index contributed by atoms with van der Waals surface area (Å²) in [6, 6.07) is 6.59. The number of benzene rings is 1. The standard InChI is InChI=1S/C14H18N2O3S/c1-20(18,19)16-13-8-6-12(7-9-13)15-14(17)10-11-4-2-3-5-11/h2,4,6-9,11,16H,3,5,10H2,1H3,(H,15,17)/t11-/m1/s1. The number of hydrogen-bond acceptors (Lipinski definition) is 3. The molecule has 0 fully saturated rings. The van der Waals surface area contributed by atoms with Gasteiger partial charge in [0.15, 0.2) is 0 Å². The Balaban J connectivity index is 1.89.